The smallest absolute Gasteiger partial charge is 0.306 e. The van der Waals surface area contributed by atoms with E-state index in [0.717, 1.165) is 29.3 Å². The number of hydrogen-bond acceptors (Lipinski definition) is 6. The lowest BCUT2D eigenvalue weighted by Crippen LogP contribution is -2.21. The lowest BCUT2D eigenvalue weighted by molar-refractivity contribution is -0.384. The highest BCUT2D eigenvalue weighted by molar-refractivity contribution is 5.99. The van der Waals surface area contributed by atoms with Crippen LogP contribution in [0, 0.1) is 29.8 Å². The number of nitrogens with one attached hydrogen (secondary N) is 1. The Hall–Kier alpha value is -3.62. The lowest BCUT2D eigenvalue weighted by Gasteiger charge is -2.08. The van der Waals surface area contributed by atoms with Gasteiger partial charge in [-0.2, -0.15) is 0 Å². The van der Waals surface area contributed by atoms with Gasteiger partial charge < -0.3 is 10.1 Å². The van der Waals surface area contributed by atoms with Crippen LogP contribution in [0.3, 0.4) is 0 Å². The number of non-ortho nitro benzene ring substituents is 1. The maximum Gasteiger partial charge on any atom is 0.306 e. The molecule has 0 saturated heterocycles. The molecule has 0 aliphatic rings. The molecule has 0 unspecified atom stereocenters. The minimum absolute atomic E-state index is 0.0791. The molecule has 29 heavy (non-hydrogen) atoms. The third-order valence-electron chi connectivity index (χ3n) is 4.05. The molecule has 0 aromatic heterocycles. The van der Waals surface area contributed by atoms with E-state index < -0.39 is 40.6 Å². The highest BCUT2D eigenvalue weighted by Gasteiger charge is 2.16. The van der Waals surface area contributed by atoms with Gasteiger partial charge in [0.25, 0.3) is 11.6 Å². The molecule has 8 nitrogen and oxygen atoms in total. The zero-order valence-electron chi connectivity index (χ0n) is 15.9. The summed E-state index contributed by atoms with van der Waals surface area (Å²) < 4.78 is 18.4. The van der Waals surface area contributed by atoms with Crippen molar-refractivity contribution >= 4 is 29.0 Å². The summed E-state index contributed by atoms with van der Waals surface area (Å²) in [6.45, 7) is 2.94. The first kappa shape index (κ1) is 21.7. The Balaban J connectivity index is 1.84. The summed E-state index contributed by atoms with van der Waals surface area (Å²) >= 11 is 0. The Labute approximate surface area is 165 Å². The molecule has 0 fully saturated rings. The second-order valence-electron chi connectivity index (χ2n) is 6.37. The quantitative estimate of drug-likeness (QED) is 0.313. The lowest BCUT2D eigenvalue weighted by atomic mass is 9.99. The minimum Gasteiger partial charge on any atom is -0.456 e. The van der Waals surface area contributed by atoms with E-state index in [1.807, 2.05) is 19.1 Å². The van der Waals surface area contributed by atoms with E-state index in [-0.39, 0.29) is 18.6 Å². The predicted octanol–water partition coefficient (Wildman–Crippen LogP) is 3.50. The van der Waals surface area contributed by atoms with Gasteiger partial charge in [-0.1, -0.05) is 17.7 Å². The predicted molar refractivity (Wildman–Crippen MR) is 102 cm³/mol. The van der Waals surface area contributed by atoms with Crippen LogP contribution in [-0.4, -0.2) is 29.2 Å². The number of amides is 1. The zero-order valence-corrected chi connectivity index (χ0v) is 15.9. The Kier molecular flexibility index (Phi) is 7.13. The molecule has 2 aromatic carbocycles. The monoisotopic (exact) mass is 402 g/mol. The Morgan fingerprint density at radius 1 is 1.10 bits per heavy atom. The SMILES string of the molecule is Cc1ccc(C)c(C(=O)CCC(=O)OCC(=O)Nc2cc([N+](=O)[O-])ccc2F)c1. The van der Waals surface area contributed by atoms with E-state index in [1.165, 1.54) is 0 Å². The van der Waals surface area contributed by atoms with Crippen molar-refractivity contribution in [3.63, 3.8) is 0 Å². The second kappa shape index (κ2) is 9.54. The normalized spacial score (nSPS) is 10.3. The van der Waals surface area contributed by atoms with Crippen molar-refractivity contribution in [2.45, 2.75) is 26.7 Å². The topological polar surface area (TPSA) is 116 Å². The fourth-order valence-corrected chi connectivity index (χ4v) is 2.51. The second-order valence-corrected chi connectivity index (χ2v) is 6.37. The molecular formula is C20H19FN2O6. The Morgan fingerprint density at radius 3 is 2.52 bits per heavy atom. The number of halogens is 1. The molecule has 0 saturated carbocycles. The van der Waals surface area contributed by atoms with Gasteiger partial charge in [-0.25, -0.2) is 4.39 Å². The van der Waals surface area contributed by atoms with Crippen molar-refractivity contribution in [1.82, 2.24) is 0 Å². The number of ether oxygens (including phenoxy) is 1. The Morgan fingerprint density at radius 2 is 1.83 bits per heavy atom. The van der Waals surface area contributed by atoms with Gasteiger partial charge in [0.15, 0.2) is 12.4 Å². The van der Waals surface area contributed by atoms with Gasteiger partial charge in [-0.3, -0.25) is 24.5 Å². The van der Waals surface area contributed by atoms with Crippen LogP contribution in [0.5, 0.6) is 0 Å². The molecule has 0 aliphatic heterocycles. The van der Waals surface area contributed by atoms with Gasteiger partial charge in [-0.15, -0.1) is 0 Å². The Bertz CT molecular complexity index is 973. The van der Waals surface area contributed by atoms with Crippen molar-refractivity contribution in [2.75, 3.05) is 11.9 Å². The maximum atomic E-state index is 13.6. The summed E-state index contributed by atoms with van der Waals surface area (Å²) in [4.78, 5) is 45.8. The van der Waals surface area contributed by atoms with Crippen LogP contribution >= 0.6 is 0 Å². The highest BCUT2D eigenvalue weighted by Crippen LogP contribution is 2.21. The number of esters is 1. The van der Waals surface area contributed by atoms with E-state index in [2.05, 4.69) is 5.32 Å². The van der Waals surface area contributed by atoms with Crippen molar-refractivity contribution in [2.24, 2.45) is 0 Å². The number of aryl methyl sites for hydroxylation is 2. The highest BCUT2D eigenvalue weighted by atomic mass is 19.1. The molecule has 1 amide bonds. The molecular weight excluding hydrogens is 383 g/mol. The number of carbonyl (C=O) groups excluding carboxylic acids is 3. The third-order valence-corrected chi connectivity index (χ3v) is 4.05. The molecule has 152 valence electrons. The van der Waals surface area contributed by atoms with E-state index in [0.29, 0.717) is 5.56 Å². The number of rotatable bonds is 8. The van der Waals surface area contributed by atoms with Gasteiger partial charge in [-0.05, 0) is 31.5 Å². The number of anilines is 1. The number of hydrogen-bond donors (Lipinski definition) is 1. The average Bonchev–Trinajstić information content (AvgIpc) is 2.67. The fourth-order valence-electron chi connectivity index (χ4n) is 2.51. The summed E-state index contributed by atoms with van der Waals surface area (Å²) in [7, 11) is 0. The molecule has 0 radical (unpaired) electrons. The van der Waals surface area contributed by atoms with Crippen LogP contribution in [-0.2, 0) is 14.3 Å². The molecule has 0 heterocycles. The van der Waals surface area contributed by atoms with Crippen LogP contribution in [0.2, 0.25) is 0 Å². The summed E-state index contributed by atoms with van der Waals surface area (Å²) in [5.41, 5.74) is 1.45. The summed E-state index contributed by atoms with van der Waals surface area (Å²) in [5, 5.41) is 12.8. The molecule has 1 N–H and O–H groups in total. The summed E-state index contributed by atoms with van der Waals surface area (Å²) in [6.07, 6.45) is -0.297. The van der Waals surface area contributed by atoms with Crippen LogP contribution in [0.4, 0.5) is 15.8 Å². The van der Waals surface area contributed by atoms with Gasteiger partial charge >= 0.3 is 5.97 Å². The maximum absolute atomic E-state index is 13.6. The first-order valence-electron chi connectivity index (χ1n) is 8.67. The number of Topliss-reactive ketones (excluding diaryl/α,β-unsaturated/α-hetero) is 1. The van der Waals surface area contributed by atoms with Crippen molar-refractivity contribution in [3.05, 3.63) is 69.0 Å². The number of ketones is 1. The largest absolute Gasteiger partial charge is 0.456 e. The van der Waals surface area contributed by atoms with E-state index >= 15 is 0 Å². The standard InChI is InChI=1S/C20H19FN2O6/c1-12-3-4-13(2)15(9-12)18(24)7-8-20(26)29-11-19(25)22-17-10-14(23(27)28)5-6-16(17)21/h3-6,9-10H,7-8,11H2,1-2H3,(H,22,25). The molecule has 0 atom stereocenters. The van der Waals surface area contributed by atoms with Gasteiger partial charge in [0.2, 0.25) is 0 Å². The number of benzene rings is 2. The molecule has 0 aliphatic carbocycles. The molecule has 2 aromatic rings. The fraction of sp³-hybridized carbons (Fsp3) is 0.250. The number of nitro groups is 1. The van der Waals surface area contributed by atoms with Crippen LogP contribution < -0.4 is 5.32 Å². The first-order valence-corrected chi connectivity index (χ1v) is 8.67. The average molecular weight is 402 g/mol. The summed E-state index contributed by atoms with van der Waals surface area (Å²) in [5.74, 6) is -2.71. The van der Waals surface area contributed by atoms with Crippen LogP contribution in [0.1, 0.15) is 34.3 Å². The molecule has 2 rings (SSSR count). The van der Waals surface area contributed by atoms with E-state index in [9.17, 15) is 28.9 Å². The van der Waals surface area contributed by atoms with Crippen molar-refractivity contribution in [3.8, 4) is 0 Å². The van der Waals surface area contributed by atoms with Crippen LogP contribution in [0.15, 0.2) is 36.4 Å². The van der Waals surface area contributed by atoms with Crippen LogP contribution in [0.25, 0.3) is 0 Å². The summed E-state index contributed by atoms with van der Waals surface area (Å²) in [6, 6.07) is 8.10. The van der Waals surface area contributed by atoms with Gasteiger partial charge in [0.05, 0.1) is 17.0 Å². The number of nitrogens with zero attached hydrogens (tertiary/aromatic N) is 1. The van der Waals surface area contributed by atoms with E-state index in [1.54, 1.807) is 13.0 Å². The third kappa shape index (κ3) is 6.20. The molecule has 0 spiro atoms. The minimum atomic E-state index is -0.866. The number of nitro benzene ring substituents is 1. The molecule has 9 heteroatoms. The van der Waals surface area contributed by atoms with Crippen molar-refractivity contribution in [1.29, 1.82) is 0 Å². The van der Waals surface area contributed by atoms with E-state index in [4.69, 9.17) is 4.74 Å². The number of carbonyl (C=O) groups is 3. The first-order chi connectivity index (χ1) is 13.7. The molecule has 0 bridgehead atoms. The van der Waals surface area contributed by atoms with Gasteiger partial charge in [0, 0.05) is 24.1 Å². The van der Waals surface area contributed by atoms with Crippen molar-refractivity contribution < 1.29 is 28.4 Å². The van der Waals surface area contributed by atoms with Gasteiger partial charge in [0.1, 0.15) is 5.82 Å². The zero-order chi connectivity index (χ0) is 21.6.